The Labute approximate surface area is 149 Å². The molecule has 3 rings (SSSR count). The molecule has 0 aliphatic carbocycles. The highest BCUT2D eigenvalue weighted by molar-refractivity contribution is 5.85. The van der Waals surface area contributed by atoms with Gasteiger partial charge in [-0.3, -0.25) is 4.90 Å². The van der Waals surface area contributed by atoms with Crippen molar-refractivity contribution in [3.05, 3.63) is 41.5 Å². The van der Waals surface area contributed by atoms with E-state index < -0.39 is 0 Å². The Balaban J connectivity index is 0.00000208. The smallest absolute Gasteiger partial charge is 0.236 e. The summed E-state index contributed by atoms with van der Waals surface area (Å²) in [5, 5.41) is 7.60. The molecule has 1 aromatic heterocycles. The fourth-order valence-electron chi connectivity index (χ4n) is 2.85. The number of hydrogen-bond acceptors (Lipinski definition) is 6. The summed E-state index contributed by atoms with van der Waals surface area (Å²) in [5.41, 5.74) is 0.765. The van der Waals surface area contributed by atoms with Crippen LogP contribution in [-0.2, 0) is 5.41 Å². The molecule has 0 amide bonds. The number of methoxy groups -OCH3 is 1. The average molecular weight is 353 g/mol. The summed E-state index contributed by atoms with van der Waals surface area (Å²) in [6.45, 7) is 7.01. The molecular formula is C17H25ClN4O2. The van der Waals surface area contributed by atoms with Gasteiger partial charge in [-0.25, -0.2) is 0 Å². The number of rotatable bonds is 4. The van der Waals surface area contributed by atoms with Crippen molar-refractivity contribution in [2.24, 2.45) is 0 Å². The number of aromatic nitrogens is 2. The Kier molecular flexibility index (Phi) is 5.85. The quantitative estimate of drug-likeness (QED) is 0.911. The lowest BCUT2D eigenvalue weighted by molar-refractivity contribution is 0.190. The van der Waals surface area contributed by atoms with Crippen LogP contribution >= 0.6 is 12.4 Å². The van der Waals surface area contributed by atoms with Crippen LogP contribution in [0.1, 0.15) is 37.2 Å². The summed E-state index contributed by atoms with van der Waals surface area (Å²) >= 11 is 0. The number of nitrogens with zero attached hydrogens (tertiary/aromatic N) is 3. The molecule has 1 aromatic carbocycles. The highest BCUT2D eigenvalue weighted by atomic mass is 35.5. The van der Waals surface area contributed by atoms with E-state index in [-0.39, 0.29) is 23.9 Å². The topological polar surface area (TPSA) is 63.4 Å². The summed E-state index contributed by atoms with van der Waals surface area (Å²) in [4.78, 5) is 6.94. The molecule has 1 fully saturated rings. The average Bonchev–Trinajstić information content (AvgIpc) is 3.06. The minimum atomic E-state index is -0.349. The van der Waals surface area contributed by atoms with Gasteiger partial charge in [0.25, 0.3) is 0 Å². The second-order valence-corrected chi connectivity index (χ2v) is 6.51. The Morgan fingerprint density at radius 2 is 2.00 bits per heavy atom. The van der Waals surface area contributed by atoms with Crippen LogP contribution in [0.15, 0.2) is 28.8 Å². The fraction of sp³-hybridized carbons (Fsp3) is 0.529. The van der Waals surface area contributed by atoms with E-state index in [1.54, 1.807) is 7.11 Å². The van der Waals surface area contributed by atoms with E-state index in [0.29, 0.717) is 5.89 Å². The molecule has 132 valence electrons. The van der Waals surface area contributed by atoms with E-state index in [1.807, 2.05) is 24.3 Å². The molecule has 0 spiro atoms. The van der Waals surface area contributed by atoms with E-state index in [4.69, 9.17) is 9.26 Å². The Morgan fingerprint density at radius 3 is 2.62 bits per heavy atom. The number of halogens is 1. The molecule has 0 radical (unpaired) electrons. The number of ether oxygens (including phenoxy) is 1. The zero-order valence-corrected chi connectivity index (χ0v) is 15.4. The second-order valence-electron chi connectivity index (χ2n) is 6.51. The first kappa shape index (κ1) is 18.7. The van der Waals surface area contributed by atoms with Gasteiger partial charge in [0.1, 0.15) is 5.75 Å². The van der Waals surface area contributed by atoms with E-state index >= 15 is 0 Å². The number of piperazine rings is 1. The van der Waals surface area contributed by atoms with E-state index in [2.05, 4.69) is 41.3 Å². The molecule has 2 heterocycles. The van der Waals surface area contributed by atoms with Crippen molar-refractivity contribution in [3.63, 3.8) is 0 Å². The van der Waals surface area contributed by atoms with Gasteiger partial charge in [-0.05, 0) is 38.6 Å². The number of nitrogens with one attached hydrogen (secondary N) is 1. The minimum absolute atomic E-state index is 0. The second kappa shape index (κ2) is 7.51. The Morgan fingerprint density at radius 1 is 1.29 bits per heavy atom. The van der Waals surface area contributed by atoms with Gasteiger partial charge in [-0.1, -0.05) is 17.3 Å². The van der Waals surface area contributed by atoms with Crippen LogP contribution in [0.4, 0.5) is 0 Å². The summed E-state index contributed by atoms with van der Waals surface area (Å²) in [5.74, 6) is 2.22. The van der Waals surface area contributed by atoms with Gasteiger partial charge in [-0.2, -0.15) is 4.98 Å². The first-order chi connectivity index (χ1) is 11.0. The SMILES string of the molecule is COc1ccc(C(C)(C)c2nc(C3CNCCN3C)no2)cc1.Cl. The van der Waals surface area contributed by atoms with Gasteiger partial charge < -0.3 is 14.6 Å². The normalized spacial score (nSPS) is 18.9. The molecule has 1 aliphatic heterocycles. The zero-order valence-electron chi connectivity index (χ0n) is 14.6. The molecule has 1 N–H and O–H groups in total. The molecule has 0 bridgehead atoms. The highest BCUT2D eigenvalue weighted by Crippen LogP contribution is 2.32. The highest BCUT2D eigenvalue weighted by Gasteiger charge is 2.32. The first-order valence-corrected chi connectivity index (χ1v) is 7.92. The van der Waals surface area contributed by atoms with E-state index in [0.717, 1.165) is 36.8 Å². The Hall–Kier alpha value is -1.63. The molecule has 1 unspecified atom stereocenters. The fourth-order valence-corrected chi connectivity index (χ4v) is 2.85. The van der Waals surface area contributed by atoms with Crippen molar-refractivity contribution in [1.82, 2.24) is 20.4 Å². The predicted octanol–water partition coefficient (Wildman–Crippen LogP) is 2.40. The summed E-state index contributed by atoms with van der Waals surface area (Å²) in [6.07, 6.45) is 0. The van der Waals surface area contributed by atoms with E-state index in [9.17, 15) is 0 Å². The van der Waals surface area contributed by atoms with Gasteiger partial charge in [0.2, 0.25) is 5.89 Å². The van der Waals surface area contributed by atoms with Crippen molar-refractivity contribution in [1.29, 1.82) is 0 Å². The van der Waals surface area contributed by atoms with Crippen molar-refractivity contribution < 1.29 is 9.26 Å². The third kappa shape index (κ3) is 3.55. The minimum Gasteiger partial charge on any atom is -0.497 e. The number of hydrogen-bond donors (Lipinski definition) is 1. The Bertz CT molecular complexity index is 657. The molecule has 1 atom stereocenters. The molecule has 1 aliphatic rings. The van der Waals surface area contributed by atoms with Crippen molar-refractivity contribution in [3.8, 4) is 5.75 Å². The maximum atomic E-state index is 5.60. The molecule has 0 saturated carbocycles. The van der Waals surface area contributed by atoms with Gasteiger partial charge >= 0.3 is 0 Å². The maximum Gasteiger partial charge on any atom is 0.236 e. The van der Waals surface area contributed by atoms with Crippen LogP contribution < -0.4 is 10.1 Å². The van der Waals surface area contributed by atoms with Crippen LogP contribution in [0, 0.1) is 0 Å². The van der Waals surface area contributed by atoms with Crippen LogP contribution in [0.2, 0.25) is 0 Å². The zero-order chi connectivity index (χ0) is 16.4. The monoisotopic (exact) mass is 352 g/mol. The molecule has 2 aromatic rings. The van der Waals surface area contributed by atoms with Gasteiger partial charge in [0.15, 0.2) is 5.82 Å². The van der Waals surface area contributed by atoms with Crippen LogP contribution in [0.3, 0.4) is 0 Å². The van der Waals surface area contributed by atoms with Crippen molar-refractivity contribution >= 4 is 12.4 Å². The van der Waals surface area contributed by atoms with Gasteiger partial charge in [0.05, 0.1) is 18.6 Å². The first-order valence-electron chi connectivity index (χ1n) is 7.92. The lowest BCUT2D eigenvalue weighted by atomic mass is 9.84. The van der Waals surface area contributed by atoms with Crippen molar-refractivity contribution in [2.75, 3.05) is 33.8 Å². The van der Waals surface area contributed by atoms with Crippen molar-refractivity contribution in [2.45, 2.75) is 25.3 Å². The summed E-state index contributed by atoms with van der Waals surface area (Å²) in [6, 6.07) is 8.14. The molecular weight excluding hydrogens is 328 g/mol. The maximum absolute atomic E-state index is 5.60. The van der Waals surface area contributed by atoms with E-state index in [1.165, 1.54) is 0 Å². The van der Waals surface area contributed by atoms with Crippen LogP contribution in [0.25, 0.3) is 0 Å². The van der Waals surface area contributed by atoms with Crippen LogP contribution in [0.5, 0.6) is 5.75 Å². The third-order valence-corrected chi connectivity index (χ3v) is 4.60. The standard InChI is InChI=1S/C17H24N4O2.ClH/c1-17(2,12-5-7-13(22-4)8-6-12)16-19-15(20-23-16)14-11-18-9-10-21(14)3;/h5-8,14,18H,9-11H2,1-4H3;1H. The molecule has 7 heteroatoms. The lowest BCUT2D eigenvalue weighted by Gasteiger charge is -2.30. The number of benzene rings is 1. The molecule has 6 nitrogen and oxygen atoms in total. The predicted molar refractivity (Wildman–Crippen MR) is 94.9 cm³/mol. The van der Waals surface area contributed by atoms with Crippen LogP contribution in [-0.4, -0.2) is 48.8 Å². The van der Waals surface area contributed by atoms with Gasteiger partial charge in [-0.15, -0.1) is 12.4 Å². The largest absolute Gasteiger partial charge is 0.497 e. The number of likely N-dealkylation sites (N-methyl/N-ethyl adjacent to an activating group) is 1. The molecule has 24 heavy (non-hydrogen) atoms. The lowest BCUT2D eigenvalue weighted by Crippen LogP contribution is -2.44. The summed E-state index contributed by atoms with van der Waals surface area (Å²) < 4.78 is 10.8. The third-order valence-electron chi connectivity index (χ3n) is 4.60. The summed E-state index contributed by atoms with van der Waals surface area (Å²) in [7, 11) is 3.76. The molecule has 1 saturated heterocycles. The van der Waals surface area contributed by atoms with Gasteiger partial charge in [0, 0.05) is 19.6 Å².